The van der Waals surface area contributed by atoms with Crippen molar-refractivity contribution in [2.45, 2.75) is 16.8 Å². The van der Waals surface area contributed by atoms with Crippen LogP contribution in [0.5, 0.6) is 0 Å². The number of hydrogen-bond donors (Lipinski definition) is 1. The fourth-order valence-corrected chi connectivity index (χ4v) is 3.77. The van der Waals surface area contributed by atoms with E-state index in [2.05, 4.69) is 5.10 Å². The molecule has 1 aliphatic heterocycles. The highest BCUT2D eigenvalue weighted by molar-refractivity contribution is 7.90. The quantitative estimate of drug-likeness (QED) is 0.809. The Morgan fingerprint density at radius 3 is 2.58 bits per heavy atom. The molecule has 100 valence electrons. The van der Waals surface area contributed by atoms with Gasteiger partial charge in [0.15, 0.2) is 9.84 Å². The molecular weight excluding hydrogens is 281 g/mol. The van der Waals surface area contributed by atoms with Gasteiger partial charge in [-0.1, -0.05) is 18.2 Å². The second-order valence-electron chi connectivity index (χ2n) is 4.18. The number of halogens is 3. The smallest absolute Gasteiger partial charge is 0.273 e. The topological polar surface area (TPSA) is 62.8 Å². The molecule has 1 aliphatic rings. The summed E-state index contributed by atoms with van der Waals surface area (Å²) in [7, 11) is -3.77. The molecule has 0 amide bonds. The third kappa shape index (κ3) is 1.74. The van der Waals surface area contributed by atoms with Crippen molar-refractivity contribution in [3.05, 3.63) is 35.5 Å². The van der Waals surface area contributed by atoms with Gasteiger partial charge in [-0.3, -0.25) is 5.10 Å². The summed E-state index contributed by atoms with van der Waals surface area (Å²) in [5.74, 6) is -0.690. The zero-order chi connectivity index (χ0) is 13.8. The summed E-state index contributed by atoms with van der Waals surface area (Å²) in [4.78, 5) is 0.0164. The minimum Gasteiger partial charge on any atom is -0.273 e. The van der Waals surface area contributed by atoms with Gasteiger partial charge in [0.05, 0.1) is 16.3 Å². The van der Waals surface area contributed by atoms with Crippen LogP contribution < -0.4 is 0 Å². The van der Waals surface area contributed by atoms with Crippen LogP contribution >= 0.6 is 0 Å². The summed E-state index contributed by atoms with van der Waals surface area (Å²) < 4.78 is 62.3. The van der Waals surface area contributed by atoms with Crippen molar-refractivity contribution >= 4 is 9.84 Å². The van der Waals surface area contributed by atoms with E-state index in [1.54, 1.807) is 6.07 Å². The van der Waals surface area contributed by atoms with Crippen LogP contribution in [0.1, 0.15) is 11.3 Å². The van der Waals surface area contributed by atoms with E-state index < -0.39 is 27.5 Å². The van der Waals surface area contributed by atoms with Crippen LogP contribution in [0.25, 0.3) is 11.3 Å². The number of aromatic amines is 1. The molecular formula is C11H7F3N2O2S. The molecule has 0 bridgehead atoms. The first-order chi connectivity index (χ1) is 8.81. The summed E-state index contributed by atoms with van der Waals surface area (Å²) in [5, 5.41) is 5.52. The lowest BCUT2D eigenvalue weighted by Crippen LogP contribution is -2.16. The molecule has 2 heterocycles. The van der Waals surface area contributed by atoms with Crippen LogP contribution in [-0.4, -0.2) is 18.6 Å². The molecule has 0 fully saturated rings. The molecule has 19 heavy (non-hydrogen) atoms. The maximum atomic E-state index is 12.8. The van der Waals surface area contributed by atoms with Gasteiger partial charge in [0.2, 0.25) is 0 Å². The molecule has 0 spiro atoms. The van der Waals surface area contributed by atoms with Gasteiger partial charge in [-0.2, -0.15) is 18.3 Å². The number of rotatable bonds is 0. The van der Waals surface area contributed by atoms with Crippen molar-refractivity contribution in [3.8, 4) is 11.3 Å². The van der Waals surface area contributed by atoms with Crippen molar-refractivity contribution in [2.75, 3.05) is 0 Å². The third-order valence-corrected chi connectivity index (χ3v) is 4.66. The number of H-pyrrole nitrogens is 1. The molecule has 0 saturated carbocycles. The van der Waals surface area contributed by atoms with Gasteiger partial charge in [-0.15, -0.1) is 0 Å². The monoisotopic (exact) mass is 288 g/mol. The molecule has 4 nitrogen and oxygen atoms in total. The number of aromatic nitrogens is 2. The van der Waals surface area contributed by atoms with Crippen molar-refractivity contribution in [3.63, 3.8) is 0 Å². The molecule has 3 rings (SSSR count). The number of benzene rings is 1. The first-order valence-electron chi connectivity index (χ1n) is 5.27. The van der Waals surface area contributed by atoms with Crippen molar-refractivity contribution in [1.82, 2.24) is 10.2 Å². The van der Waals surface area contributed by atoms with Gasteiger partial charge in [-0.25, -0.2) is 8.42 Å². The number of sulfone groups is 1. The van der Waals surface area contributed by atoms with E-state index in [0.29, 0.717) is 0 Å². The van der Waals surface area contributed by atoms with Crippen LogP contribution in [0.2, 0.25) is 0 Å². The molecule has 1 aromatic heterocycles. The Balaban J connectivity index is 2.34. The second-order valence-corrected chi connectivity index (χ2v) is 6.14. The van der Waals surface area contributed by atoms with E-state index in [9.17, 15) is 21.6 Å². The zero-order valence-electron chi connectivity index (χ0n) is 9.32. The maximum absolute atomic E-state index is 12.8. The summed E-state index contributed by atoms with van der Waals surface area (Å²) in [6.07, 6.45) is -4.65. The summed E-state index contributed by atoms with van der Waals surface area (Å²) >= 11 is 0. The number of fused-ring (bicyclic) bond motifs is 3. The molecule has 0 atom stereocenters. The molecule has 2 aromatic rings. The first-order valence-corrected chi connectivity index (χ1v) is 6.92. The van der Waals surface area contributed by atoms with Gasteiger partial charge in [-0.05, 0) is 6.07 Å². The fraction of sp³-hybridized carbons (Fsp3) is 0.182. The van der Waals surface area contributed by atoms with Crippen molar-refractivity contribution in [1.29, 1.82) is 0 Å². The standard InChI is InChI=1S/C11H7F3N2O2S/c12-11(13,14)10-7-5-19(17,18)8-4-2-1-3-6(8)9(7)15-16-10/h1-4H,5H2,(H,15,16). The van der Waals surface area contributed by atoms with Crippen LogP contribution in [-0.2, 0) is 21.8 Å². The maximum Gasteiger partial charge on any atom is 0.433 e. The minimum atomic E-state index is -4.65. The van der Waals surface area contributed by atoms with E-state index in [0.717, 1.165) is 0 Å². The largest absolute Gasteiger partial charge is 0.433 e. The summed E-state index contributed by atoms with van der Waals surface area (Å²) in [6.45, 7) is 0. The van der Waals surface area contributed by atoms with E-state index in [-0.39, 0.29) is 21.7 Å². The Labute approximate surface area is 106 Å². The SMILES string of the molecule is O=S1(=O)Cc2c(n[nH]c2C(F)(F)F)-c2ccccc21. The second kappa shape index (κ2) is 3.60. The van der Waals surface area contributed by atoms with E-state index >= 15 is 0 Å². The Morgan fingerprint density at radius 2 is 1.89 bits per heavy atom. The molecule has 1 N–H and O–H groups in total. The van der Waals surface area contributed by atoms with Gasteiger partial charge in [0.1, 0.15) is 5.69 Å². The lowest BCUT2D eigenvalue weighted by atomic mass is 10.1. The van der Waals surface area contributed by atoms with Gasteiger partial charge in [0.25, 0.3) is 0 Å². The molecule has 1 aromatic carbocycles. The number of nitrogens with zero attached hydrogens (tertiary/aromatic N) is 1. The predicted molar refractivity (Wildman–Crippen MR) is 59.9 cm³/mol. The lowest BCUT2D eigenvalue weighted by Gasteiger charge is -2.16. The Hall–Kier alpha value is -1.83. The van der Waals surface area contributed by atoms with Gasteiger partial charge < -0.3 is 0 Å². The Kier molecular flexibility index (Phi) is 2.31. The van der Waals surface area contributed by atoms with Crippen molar-refractivity contribution < 1.29 is 21.6 Å². The van der Waals surface area contributed by atoms with Gasteiger partial charge >= 0.3 is 6.18 Å². The van der Waals surface area contributed by atoms with Crippen LogP contribution in [0, 0.1) is 0 Å². The highest BCUT2D eigenvalue weighted by atomic mass is 32.2. The summed E-state index contributed by atoms with van der Waals surface area (Å²) in [6, 6.07) is 5.91. The molecule has 0 unspecified atom stereocenters. The van der Waals surface area contributed by atoms with Crippen LogP contribution in [0.3, 0.4) is 0 Å². The Bertz CT molecular complexity index is 762. The van der Waals surface area contributed by atoms with E-state index in [1.807, 2.05) is 5.10 Å². The van der Waals surface area contributed by atoms with E-state index in [1.165, 1.54) is 18.2 Å². The predicted octanol–water partition coefficient (Wildman–Crippen LogP) is 2.38. The zero-order valence-corrected chi connectivity index (χ0v) is 10.1. The van der Waals surface area contributed by atoms with Crippen LogP contribution in [0.15, 0.2) is 29.2 Å². The molecule has 0 radical (unpaired) electrons. The van der Waals surface area contributed by atoms with Crippen molar-refractivity contribution in [2.24, 2.45) is 0 Å². The minimum absolute atomic E-state index is 0.0164. The Morgan fingerprint density at radius 1 is 1.21 bits per heavy atom. The molecule has 0 saturated heterocycles. The normalized spacial score (nSPS) is 16.8. The number of nitrogens with one attached hydrogen (secondary N) is 1. The lowest BCUT2D eigenvalue weighted by molar-refractivity contribution is -0.141. The van der Waals surface area contributed by atoms with E-state index in [4.69, 9.17) is 0 Å². The number of alkyl halides is 3. The first kappa shape index (κ1) is 12.2. The average Bonchev–Trinajstić information content (AvgIpc) is 2.71. The number of hydrogen-bond acceptors (Lipinski definition) is 3. The molecule has 0 aliphatic carbocycles. The summed E-state index contributed by atoms with van der Waals surface area (Å²) in [5.41, 5.74) is -1.15. The molecule has 8 heteroatoms. The average molecular weight is 288 g/mol. The highest BCUT2D eigenvalue weighted by Crippen LogP contribution is 2.41. The van der Waals surface area contributed by atoms with Gasteiger partial charge in [0, 0.05) is 11.1 Å². The van der Waals surface area contributed by atoms with Crippen LogP contribution in [0.4, 0.5) is 13.2 Å². The highest BCUT2D eigenvalue weighted by Gasteiger charge is 2.41. The fourth-order valence-electron chi connectivity index (χ4n) is 2.16. The third-order valence-electron chi connectivity index (χ3n) is 2.96.